The zero-order valence-electron chi connectivity index (χ0n) is 17.7. The molecule has 0 aromatic heterocycles. The Bertz CT molecular complexity index is 1150. The highest BCUT2D eigenvalue weighted by Gasteiger charge is 2.20. The van der Waals surface area contributed by atoms with Crippen molar-refractivity contribution in [3.63, 3.8) is 0 Å². The van der Waals surface area contributed by atoms with Gasteiger partial charge in [-0.15, -0.1) is 4.36 Å². The first-order chi connectivity index (χ1) is 13.7. The van der Waals surface area contributed by atoms with Gasteiger partial charge in [-0.2, -0.15) is 0 Å². The summed E-state index contributed by atoms with van der Waals surface area (Å²) in [4.78, 5) is 12.7. The van der Waals surface area contributed by atoms with Crippen molar-refractivity contribution in [2.24, 2.45) is 9.50 Å². The van der Waals surface area contributed by atoms with E-state index in [0.29, 0.717) is 16.7 Å². The van der Waals surface area contributed by atoms with Gasteiger partial charge in [0.05, 0.1) is 16.2 Å². The minimum Gasteiger partial charge on any atom is -0.272 e. The molecule has 0 fully saturated rings. The maximum absolute atomic E-state index is 14.1. The van der Waals surface area contributed by atoms with Crippen LogP contribution in [0.15, 0.2) is 50.6 Å². The number of rotatable bonds is 6. The van der Waals surface area contributed by atoms with E-state index in [1.165, 1.54) is 36.4 Å². The number of hydrogen-bond donors (Lipinski definition) is 1. The number of sulfone groups is 1. The average Bonchev–Trinajstić information content (AvgIpc) is 2.61. The van der Waals surface area contributed by atoms with Crippen LogP contribution in [0.1, 0.15) is 56.2 Å². The number of nitrogens with two attached hydrogens (primary N) is 1. The summed E-state index contributed by atoms with van der Waals surface area (Å²) in [5.41, 5.74) is 2.06. The van der Waals surface area contributed by atoms with Crippen molar-refractivity contribution in [1.29, 1.82) is 0 Å². The Labute approximate surface area is 177 Å². The predicted molar refractivity (Wildman–Crippen MR) is 116 cm³/mol. The van der Waals surface area contributed by atoms with Gasteiger partial charge >= 0.3 is 0 Å². The molecule has 2 N–H and O–H groups in total. The van der Waals surface area contributed by atoms with Crippen LogP contribution in [0.25, 0.3) is 0 Å². The van der Waals surface area contributed by atoms with Crippen LogP contribution in [0, 0.1) is 5.82 Å². The lowest BCUT2D eigenvalue weighted by molar-refractivity contribution is -0.117. The lowest BCUT2D eigenvalue weighted by Gasteiger charge is -2.19. The summed E-state index contributed by atoms with van der Waals surface area (Å²) in [6.45, 7) is 7.61. The summed E-state index contributed by atoms with van der Waals surface area (Å²) in [5, 5.41) is 5.80. The van der Waals surface area contributed by atoms with E-state index in [1.807, 2.05) is 27.7 Å². The zero-order valence-corrected chi connectivity index (χ0v) is 19.3. The molecule has 30 heavy (non-hydrogen) atoms. The number of carbonyl (C=O) groups is 1. The highest BCUT2D eigenvalue weighted by molar-refractivity contribution is 7.92. The van der Waals surface area contributed by atoms with Crippen LogP contribution in [-0.4, -0.2) is 24.8 Å². The van der Waals surface area contributed by atoms with Gasteiger partial charge in [-0.1, -0.05) is 27.7 Å². The fraction of sp³-hybridized carbons (Fsp3) is 0.381. The minimum atomic E-state index is -3.56. The van der Waals surface area contributed by atoms with Crippen LogP contribution in [0.3, 0.4) is 0 Å². The lowest BCUT2D eigenvalue weighted by Crippen LogP contribution is -2.17. The van der Waals surface area contributed by atoms with E-state index in [9.17, 15) is 21.8 Å². The van der Waals surface area contributed by atoms with Gasteiger partial charge in [0.25, 0.3) is 5.91 Å². The third-order valence-corrected chi connectivity index (χ3v) is 7.23. The fourth-order valence-electron chi connectivity index (χ4n) is 3.18. The molecular weight excluding hydrogens is 427 g/mol. The van der Waals surface area contributed by atoms with Crippen molar-refractivity contribution in [1.82, 2.24) is 0 Å². The standard InChI is InChI=1S/C21H27FN2O4S2/c1-13(2)18-10-15(22)11-19(14(3)4)20(18)12-21(25)24-30(23,28)17-8-6-16(7-9-17)29(5,26)27/h6-11,13-14H,12H2,1-5H3,(H2,23,24,25,28). The van der Waals surface area contributed by atoms with Crippen LogP contribution in [0.4, 0.5) is 4.39 Å². The molecule has 0 saturated carbocycles. The molecule has 0 saturated heterocycles. The van der Waals surface area contributed by atoms with E-state index in [1.54, 1.807) is 0 Å². The second-order valence-corrected chi connectivity index (χ2v) is 11.7. The largest absolute Gasteiger partial charge is 0.272 e. The Kier molecular flexibility index (Phi) is 7.21. The molecule has 0 aliphatic carbocycles. The molecule has 1 atom stereocenters. The minimum absolute atomic E-state index is 0.0215. The van der Waals surface area contributed by atoms with E-state index < -0.39 is 25.7 Å². The number of hydrogen-bond acceptors (Lipinski definition) is 4. The molecule has 2 aromatic rings. The van der Waals surface area contributed by atoms with Gasteiger partial charge in [0.15, 0.2) is 9.84 Å². The summed E-state index contributed by atoms with van der Waals surface area (Å²) in [6.07, 6.45) is 0.897. The van der Waals surface area contributed by atoms with Gasteiger partial charge in [0.2, 0.25) is 0 Å². The second-order valence-electron chi connectivity index (χ2n) is 7.85. The third-order valence-electron chi connectivity index (χ3n) is 4.68. The smallest absolute Gasteiger partial charge is 0.259 e. The van der Waals surface area contributed by atoms with Crippen molar-refractivity contribution in [3.05, 3.63) is 58.9 Å². The molecule has 2 aromatic carbocycles. The van der Waals surface area contributed by atoms with E-state index in [-0.39, 0.29) is 33.9 Å². The first-order valence-corrected chi connectivity index (χ1v) is 12.9. The number of nitrogens with zero attached hydrogens (tertiary/aromatic N) is 1. The maximum atomic E-state index is 14.1. The van der Waals surface area contributed by atoms with Gasteiger partial charge in [-0.05, 0) is 64.9 Å². The van der Waals surface area contributed by atoms with E-state index in [0.717, 1.165) is 6.26 Å². The highest BCUT2D eigenvalue weighted by Crippen LogP contribution is 2.30. The summed E-state index contributed by atoms with van der Waals surface area (Å²) in [7, 11) is -6.98. The van der Waals surface area contributed by atoms with E-state index in [2.05, 4.69) is 4.36 Å². The zero-order chi connectivity index (χ0) is 22.9. The molecule has 1 amide bonds. The molecule has 1 unspecified atom stereocenters. The number of benzene rings is 2. The van der Waals surface area contributed by atoms with Crippen LogP contribution in [0.2, 0.25) is 0 Å². The molecular formula is C21H27FN2O4S2. The van der Waals surface area contributed by atoms with Gasteiger partial charge in [0, 0.05) is 6.26 Å². The van der Waals surface area contributed by atoms with E-state index in [4.69, 9.17) is 5.14 Å². The Morgan fingerprint density at radius 1 is 0.967 bits per heavy atom. The van der Waals surface area contributed by atoms with Crippen LogP contribution >= 0.6 is 0 Å². The monoisotopic (exact) mass is 454 g/mol. The topological polar surface area (TPSA) is 107 Å². The molecule has 0 aliphatic rings. The molecule has 0 radical (unpaired) electrons. The second kappa shape index (κ2) is 8.95. The first kappa shape index (κ1) is 24.2. The molecule has 0 aliphatic heterocycles. The van der Waals surface area contributed by atoms with Crippen LogP contribution < -0.4 is 5.14 Å². The summed E-state index contributed by atoms with van der Waals surface area (Å²) >= 11 is 0. The predicted octanol–water partition coefficient (Wildman–Crippen LogP) is 3.95. The Hall–Kier alpha value is -2.10. The Balaban J connectivity index is 2.45. The molecule has 0 bridgehead atoms. The Morgan fingerprint density at radius 3 is 1.80 bits per heavy atom. The van der Waals surface area contributed by atoms with Gasteiger partial charge in [-0.3, -0.25) is 4.79 Å². The van der Waals surface area contributed by atoms with Crippen molar-refractivity contribution in [3.8, 4) is 0 Å². The number of amides is 1. The summed E-state index contributed by atoms with van der Waals surface area (Å²) in [6, 6.07) is 7.92. The highest BCUT2D eigenvalue weighted by atomic mass is 32.2. The van der Waals surface area contributed by atoms with E-state index >= 15 is 0 Å². The van der Waals surface area contributed by atoms with Crippen molar-refractivity contribution in [2.75, 3.05) is 6.26 Å². The number of halogens is 1. The molecule has 164 valence electrons. The lowest BCUT2D eigenvalue weighted by atomic mass is 9.87. The van der Waals surface area contributed by atoms with Crippen LogP contribution in [-0.2, 0) is 31.0 Å². The normalized spacial score (nSPS) is 14.0. The summed E-state index contributed by atoms with van der Waals surface area (Å²) < 4.78 is 53.7. The SMILES string of the molecule is CC(C)c1cc(F)cc(C(C)C)c1CC(=O)N=S(N)(=O)c1ccc(S(C)(=O)=O)cc1. The molecule has 9 heteroatoms. The van der Waals surface area contributed by atoms with Crippen LogP contribution in [0.5, 0.6) is 0 Å². The Morgan fingerprint density at radius 2 is 1.40 bits per heavy atom. The molecule has 0 spiro atoms. The van der Waals surface area contributed by atoms with Crippen molar-refractivity contribution in [2.45, 2.75) is 55.7 Å². The average molecular weight is 455 g/mol. The quantitative estimate of drug-likeness (QED) is 0.713. The molecule has 0 heterocycles. The fourth-order valence-corrected chi connectivity index (χ4v) is 4.81. The van der Waals surface area contributed by atoms with Gasteiger partial charge in [0.1, 0.15) is 15.7 Å². The van der Waals surface area contributed by atoms with Crippen molar-refractivity contribution >= 4 is 25.7 Å². The molecule has 2 rings (SSSR count). The summed E-state index contributed by atoms with van der Waals surface area (Å²) in [5.74, 6) is -1.10. The third kappa shape index (κ3) is 5.74. The maximum Gasteiger partial charge on any atom is 0.259 e. The number of carbonyl (C=O) groups excluding carboxylic acids is 1. The van der Waals surface area contributed by atoms with Gasteiger partial charge in [-0.25, -0.2) is 22.2 Å². The van der Waals surface area contributed by atoms with Crippen molar-refractivity contribution < 1.29 is 21.8 Å². The van der Waals surface area contributed by atoms with Gasteiger partial charge < -0.3 is 0 Å². The first-order valence-electron chi connectivity index (χ1n) is 9.42. The molecule has 6 nitrogen and oxygen atoms in total.